The molecule has 0 aliphatic carbocycles. The van der Waals surface area contributed by atoms with Gasteiger partial charge in [0.25, 0.3) is 0 Å². The molecule has 2 aromatic rings. The third-order valence-electron chi connectivity index (χ3n) is 3.00. The molecule has 2 rings (SSSR count). The highest BCUT2D eigenvalue weighted by Gasteiger charge is 2.32. The highest BCUT2D eigenvalue weighted by atomic mass is 35.5. The lowest BCUT2D eigenvalue weighted by Gasteiger charge is -2.24. The minimum Gasteiger partial charge on any atom is -0.394 e. The van der Waals surface area contributed by atoms with E-state index in [1.807, 2.05) is 0 Å². The number of fused-ring (bicyclic) bond motifs is 1. The second-order valence-electron chi connectivity index (χ2n) is 4.46. The summed E-state index contributed by atoms with van der Waals surface area (Å²) in [7, 11) is 0. The summed E-state index contributed by atoms with van der Waals surface area (Å²) in [6.45, 7) is -0.735. The van der Waals surface area contributed by atoms with Crippen molar-refractivity contribution in [2.75, 3.05) is 6.61 Å². The quantitative estimate of drug-likeness (QED) is 0.434. The molecule has 0 bridgehead atoms. The number of rotatable bonds is 5. The van der Waals surface area contributed by atoms with Crippen LogP contribution in [0.15, 0.2) is 18.2 Å². The molecule has 20 heavy (non-hydrogen) atoms. The maximum atomic E-state index is 9.94. The van der Waals surface area contributed by atoms with Gasteiger partial charge in [-0.25, -0.2) is 4.98 Å². The molecule has 0 aliphatic rings. The van der Waals surface area contributed by atoms with Crippen LogP contribution in [-0.2, 0) is 0 Å². The van der Waals surface area contributed by atoms with Crippen LogP contribution in [0.1, 0.15) is 11.9 Å². The van der Waals surface area contributed by atoms with E-state index in [4.69, 9.17) is 16.7 Å². The smallest absolute Gasteiger partial charge is 0.140 e. The van der Waals surface area contributed by atoms with Crippen LogP contribution in [0, 0.1) is 0 Å². The van der Waals surface area contributed by atoms with Gasteiger partial charge in [-0.3, -0.25) is 0 Å². The largest absolute Gasteiger partial charge is 0.394 e. The van der Waals surface area contributed by atoms with Crippen molar-refractivity contribution in [2.45, 2.75) is 24.4 Å². The van der Waals surface area contributed by atoms with E-state index in [1.165, 1.54) is 0 Å². The van der Waals surface area contributed by atoms with Crippen molar-refractivity contribution in [2.24, 2.45) is 0 Å². The van der Waals surface area contributed by atoms with Crippen LogP contribution in [0.5, 0.6) is 0 Å². The van der Waals surface area contributed by atoms with Gasteiger partial charge in [0.2, 0.25) is 0 Å². The van der Waals surface area contributed by atoms with Gasteiger partial charge in [0.05, 0.1) is 17.6 Å². The van der Waals surface area contributed by atoms with E-state index in [0.717, 1.165) is 0 Å². The number of nitrogens with zero attached hydrogens (tertiary/aromatic N) is 1. The molecule has 0 saturated heterocycles. The second kappa shape index (κ2) is 6.04. The standard InChI is InChI=1S/C12H15ClN2O5/c13-5-1-2-6-7(3-5)15-12(14-6)11(20)10(19)9(18)8(17)4-16/h1-3,8-11,16-20H,4H2,(H,14,15)/t8?,9-,10?,11-/m1/s1. The number of imidazole rings is 1. The van der Waals surface area contributed by atoms with Crippen LogP contribution in [0.4, 0.5) is 0 Å². The zero-order valence-electron chi connectivity index (χ0n) is 10.3. The van der Waals surface area contributed by atoms with Crippen molar-refractivity contribution in [1.29, 1.82) is 0 Å². The summed E-state index contributed by atoms with van der Waals surface area (Å²) in [6.07, 6.45) is -6.50. The lowest BCUT2D eigenvalue weighted by atomic mass is 10.0. The highest BCUT2D eigenvalue weighted by Crippen LogP contribution is 2.23. The predicted octanol–water partition coefficient (Wildman–Crippen LogP) is -0.675. The normalized spacial score (nSPS) is 17.9. The molecule has 8 heteroatoms. The van der Waals surface area contributed by atoms with Crippen LogP contribution in [0.2, 0.25) is 5.02 Å². The summed E-state index contributed by atoms with van der Waals surface area (Å²) in [5.74, 6) is 0.0268. The Bertz CT molecular complexity index is 590. The first-order chi connectivity index (χ1) is 9.43. The number of benzene rings is 1. The van der Waals surface area contributed by atoms with Gasteiger partial charge in [-0.05, 0) is 18.2 Å². The number of aromatic nitrogens is 2. The SMILES string of the molecule is OCC(O)[C@@H](O)C(O)[C@@H](O)c1nc2ccc(Cl)cc2[nH]1. The Hall–Kier alpha value is -1.22. The average molecular weight is 303 g/mol. The molecule has 110 valence electrons. The van der Waals surface area contributed by atoms with E-state index >= 15 is 0 Å². The maximum absolute atomic E-state index is 9.94. The van der Waals surface area contributed by atoms with Gasteiger partial charge in [-0.2, -0.15) is 0 Å². The zero-order chi connectivity index (χ0) is 14.9. The summed E-state index contributed by atoms with van der Waals surface area (Å²) in [5, 5.41) is 47.7. The molecule has 0 amide bonds. The molecule has 1 heterocycles. The van der Waals surface area contributed by atoms with Crippen LogP contribution in [-0.4, -0.2) is 60.4 Å². The second-order valence-corrected chi connectivity index (χ2v) is 4.90. The lowest BCUT2D eigenvalue weighted by molar-refractivity contribution is -0.117. The molecular weight excluding hydrogens is 288 g/mol. The third-order valence-corrected chi connectivity index (χ3v) is 3.23. The summed E-state index contributed by atoms with van der Waals surface area (Å²) >= 11 is 5.82. The summed E-state index contributed by atoms with van der Waals surface area (Å²) < 4.78 is 0. The van der Waals surface area contributed by atoms with Gasteiger partial charge >= 0.3 is 0 Å². The Morgan fingerprint density at radius 1 is 1.15 bits per heavy atom. The fourth-order valence-electron chi connectivity index (χ4n) is 1.83. The molecule has 0 radical (unpaired) electrons. The Balaban J connectivity index is 2.24. The predicted molar refractivity (Wildman–Crippen MR) is 71.2 cm³/mol. The molecule has 1 aromatic carbocycles. The average Bonchev–Trinajstić information content (AvgIpc) is 2.86. The Morgan fingerprint density at radius 3 is 2.50 bits per heavy atom. The summed E-state index contributed by atoms with van der Waals surface area (Å²) in [5.41, 5.74) is 1.10. The van der Waals surface area contributed by atoms with Crippen LogP contribution >= 0.6 is 11.6 Å². The van der Waals surface area contributed by atoms with Gasteiger partial charge in [0.1, 0.15) is 30.2 Å². The van der Waals surface area contributed by atoms with E-state index < -0.39 is 31.0 Å². The molecule has 0 aliphatic heterocycles. The van der Waals surface area contributed by atoms with Crippen molar-refractivity contribution in [3.8, 4) is 0 Å². The number of aromatic amines is 1. The number of halogens is 1. The van der Waals surface area contributed by atoms with Crippen molar-refractivity contribution in [3.63, 3.8) is 0 Å². The van der Waals surface area contributed by atoms with Crippen LogP contribution < -0.4 is 0 Å². The number of aliphatic hydroxyl groups is 5. The monoisotopic (exact) mass is 302 g/mol. The molecule has 0 saturated carbocycles. The fraction of sp³-hybridized carbons (Fsp3) is 0.417. The number of H-pyrrole nitrogens is 1. The van der Waals surface area contributed by atoms with Crippen molar-refractivity contribution in [1.82, 2.24) is 9.97 Å². The van der Waals surface area contributed by atoms with E-state index in [-0.39, 0.29) is 5.82 Å². The molecule has 6 N–H and O–H groups in total. The first-order valence-electron chi connectivity index (χ1n) is 5.92. The Kier molecular flexibility index (Phi) is 4.59. The fourth-order valence-corrected chi connectivity index (χ4v) is 2.00. The van der Waals surface area contributed by atoms with Crippen LogP contribution in [0.3, 0.4) is 0 Å². The first kappa shape index (κ1) is 15.2. The van der Waals surface area contributed by atoms with Crippen molar-refractivity contribution in [3.05, 3.63) is 29.0 Å². The number of hydrogen-bond acceptors (Lipinski definition) is 6. The van der Waals surface area contributed by atoms with Crippen LogP contribution in [0.25, 0.3) is 11.0 Å². The van der Waals surface area contributed by atoms with Gasteiger partial charge in [0, 0.05) is 5.02 Å². The first-order valence-corrected chi connectivity index (χ1v) is 6.30. The number of nitrogens with one attached hydrogen (secondary N) is 1. The molecule has 4 atom stereocenters. The molecule has 1 aromatic heterocycles. The Labute approximate surface area is 119 Å². The zero-order valence-corrected chi connectivity index (χ0v) is 11.1. The van der Waals surface area contributed by atoms with E-state index in [0.29, 0.717) is 16.1 Å². The van der Waals surface area contributed by atoms with E-state index in [9.17, 15) is 20.4 Å². The van der Waals surface area contributed by atoms with Gasteiger partial charge < -0.3 is 30.5 Å². The maximum Gasteiger partial charge on any atom is 0.140 e. The minimum absolute atomic E-state index is 0.0268. The highest BCUT2D eigenvalue weighted by molar-refractivity contribution is 6.31. The van der Waals surface area contributed by atoms with Crippen molar-refractivity contribution >= 4 is 22.6 Å². The van der Waals surface area contributed by atoms with Crippen molar-refractivity contribution < 1.29 is 25.5 Å². The number of hydrogen-bond donors (Lipinski definition) is 6. The van der Waals surface area contributed by atoms with E-state index in [1.54, 1.807) is 18.2 Å². The third kappa shape index (κ3) is 2.93. The lowest BCUT2D eigenvalue weighted by Crippen LogP contribution is -2.42. The van der Waals surface area contributed by atoms with Gasteiger partial charge in [-0.15, -0.1) is 0 Å². The van der Waals surface area contributed by atoms with E-state index in [2.05, 4.69) is 9.97 Å². The Morgan fingerprint density at radius 2 is 1.85 bits per heavy atom. The molecule has 0 fully saturated rings. The van der Waals surface area contributed by atoms with Gasteiger partial charge in [-0.1, -0.05) is 11.6 Å². The molecule has 7 nitrogen and oxygen atoms in total. The minimum atomic E-state index is -1.70. The molecule has 2 unspecified atom stereocenters. The molecule has 0 spiro atoms. The number of aliphatic hydroxyl groups excluding tert-OH is 5. The summed E-state index contributed by atoms with van der Waals surface area (Å²) in [4.78, 5) is 6.83. The topological polar surface area (TPSA) is 130 Å². The summed E-state index contributed by atoms with van der Waals surface area (Å²) in [6, 6.07) is 4.86. The molecular formula is C12H15ClN2O5. The van der Waals surface area contributed by atoms with Gasteiger partial charge in [0.15, 0.2) is 0 Å².